The molecule has 1 amide bonds. The molecule has 0 bridgehead atoms. The second-order valence-electron chi connectivity index (χ2n) is 7.29. The van der Waals surface area contributed by atoms with Crippen LogP contribution in [0.4, 0.5) is 0 Å². The van der Waals surface area contributed by atoms with Crippen LogP contribution in [0.2, 0.25) is 5.02 Å². The molecule has 0 spiro atoms. The number of carbonyl (C=O) groups excluding carboxylic acids is 1. The van der Waals surface area contributed by atoms with Crippen molar-refractivity contribution < 1.29 is 9.53 Å². The number of aryl methyl sites for hydroxylation is 1. The number of thioether (sulfide) groups is 1. The fraction of sp³-hybridized carbons (Fsp3) is 0.348. The van der Waals surface area contributed by atoms with Gasteiger partial charge in [-0.15, -0.1) is 0 Å². The van der Waals surface area contributed by atoms with Gasteiger partial charge in [0.2, 0.25) is 5.91 Å². The maximum atomic E-state index is 12.9. The van der Waals surface area contributed by atoms with Gasteiger partial charge in [0.05, 0.1) is 29.8 Å². The Balaban J connectivity index is 1.65. The Morgan fingerprint density at radius 2 is 2.03 bits per heavy atom. The molecular weight excluding hydrogens is 434 g/mol. The number of nitrogens with one attached hydrogen (secondary N) is 1. The van der Waals surface area contributed by atoms with Crippen molar-refractivity contribution >= 4 is 40.2 Å². The highest BCUT2D eigenvalue weighted by molar-refractivity contribution is 7.99. The third-order valence-corrected chi connectivity index (χ3v) is 6.06. The number of benzene rings is 2. The van der Waals surface area contributed by atoms with Crippen LogP contribution in [-0.2, 0) is 22.5 Å². The van der Waals surface area contributed by atoms with Crippen LogP contribution in [0.15, 0.2) is 58.5 Å². The van der Waals surface area contributed by atoms with Crippen molar-refractivity contribution in [3.8, 4) is 0 Å². The molecule has 31 heavy (non-hydrogen) atoms. The lowest BCUT2D eigenvalue weighted by molar-refractivity contribution is -0.119. The van der Waals surface area contributed by atoms with Gasteiger partial charge in [-0.3, -0.25) is 14.2 Å². The van der Waals surface area contributed by atoms with Crippen molar-refractivity contribution in [2.45, 2.75) is 37.5 Å². The Labute approximate surface area is 191 Å². The van der Waals surface area contributed by atoms with Gasteiger partial charge in [0.1, 0.15) is 0 Å². The Morgan fingerprint density at radius 3 is 2.77 bits per heavy atom. The third-order valence-electron chi connectivity index (χ3n) is 4.85. The molecule has 0 saturated carbocycles. The van der Waals surface area contributed by atoms with Crippen LogP contribution in [-0.4, -0.2) is 41.0 Å². The molecule has 164 valence electrons. The molecule has 2 aromatic carbocycles. The number of amides is 1. The average molecular weight is 460 g/mol. The van der Waals surface area contributed by atoms with Gasteiger partial charge in [-0.25, -0.2) is 4.98 Å². The molecule has 0 fully saturated rings. The SMILES string of the molecule is COCCn1c(SCC(=O)NC(C)CCc2ccccc2)nc2cc(Cl)ccc2c1=O. The van der Waals surface area contributed by atoms with E-state index in [1.807, 2.05) is 25.1 Å². The first-order valence-corrected chi connectivity index (χ1v) is 11.5. The van der Waals surface area contributed by atoms with E-state index in [2.05, 4.69) is 22.4 Å². The predicted molar refractivity (Wildman–Crippen MR) is 126 cm³/mol. The number of methoxy groups -OCH3 is 1. The summed E-state index contributed by atoms with van der Waals surface area (Å²) in [5, 5.41) is 4.50. The van der Waals surface area contributed by atoms with Gasteiger partial charge in [-0.2, -0.15) is 0 Å². The monoisotopic (exact) mass is 459 g/mol. The van der Waals surface area contributed by atoms with Crippen LogP contribution in [0.25, 0.3) is 10.9 Å². The van der Waals surface area contributed by atoms with Gasteiger partial charge in [0.15, 0.2) is 5.16 Å². The van der Waals surface area contributed by atoms with Gasteiger partial charge in [0.25, 0.3) is 5.56 Å². The molecule has 0 aliphatic heterocycles. The van der Waals surface area contributed by atoms with Gasteiger partial charge in [-0.1, -0.05) is 53.7 Å². The normalized spacial score (nSPS) is 12.1. The second-order valence-corrected chi connectivity index (χ2v) is 8.67. The number of carbonyl (C=O) groups is 1. The number of fused-ring (bicyclic) bond motifs is 1. The van der Waals surface area contributed by atoms with Crippen molar-refractivity contribution in [1.29, 1.82) is 0 Å². The molecule has 1 atom stereocenters. The summed E-state index contributed by atoms with van der Waals surface area (Å²) < 4.78 is 6.68. The summed E-state index contributed by atoms with van der Waals surface area (Å²) in [7, 11) is 1.58. The smallest absolute Gasteiger partial charge is 0.262 e. The molecule has 6 nitrogen and oxygen atoms in total. The van der Waals surface area contributed by atoms with Crippen LogP contribution >= 0.6 is 23.4 Å². The summed E-state index contributed by atoms with van der Waals surface area (Å²) >= 11 is 7.30. The van der Waals surface area contributed by atoms with E-state index in [4.69, 9.17) is 16.3 Å². The van der Waals surface area contributed by atoms with Gasteiger partial charge in [0, 0.05) is 18.2 Å². The molecule has 0 saturated heterocycles. The zero-order valence-corrected chi connectivity index (χ0v) is 19.2. The minimum absolute atomic E-state index is 0.0485. The summed E-state index contributed by atoms with van der Waals surface area (Å²) in [5.74, 6) is 0.0746. The minimum atomic E-state index is -0.169. The molecule has 8 heteroatoms. The molecule has 1 aromatic heterocycles. The highest BCUT2D eigenvalue weighted by Gasteiger charge is 2.15. The predicted octanol–water partition coefficient (Wildman–Crippen LogP) is 3.93. The summed E-state index contributed by atoms with van der Waals surface area (Å²) in [6, 6.07) is 15.2. The first-order valence-electron chi connectivity index (χ1n) is 10.1. The quantitative estimate of drug-likeness (QED) is 0.367. The maximum absolute atomic E-state index is 12.9. The number of ether oxygens (including phenoxy) is 1. The lowest BCUT2D eigenvalue weighted by atomic mass is 10.1. The van der Waals surface area contributed by atoms with E-state index < -0.39 is 0 Å². The van der Waals surface area contributed by atoms with Crippen molar-refractivity contribution in [2.75, 3.05) is 19.5 Å². The van der Waals surface area contributed by atoms with E-state index in [1.165, 1.54) is 17.3 Å². The molecule has 1 N–H and O–H groups in total. The summed E-state index contributed by atoms with van der Waals surface area (Å²) in [4.78, 5) is 30.0. The standard InChI is InChI=1S/C23H26ClN3O3S/c1-16(8-9-17-6-4-3-5-7-17)25-21(28)15-31-23-26-20-14-18(24)10-11-19(20)22(29)27(23)12-13-30-2/h3-7,10-11,14,16H,8-9,12-13,15H2,1-2H3,(H,25,28). The third kappa shape index (κ3) is 6.56. The van der Waals surface area contributed by atoms with Crippen molar-refractivity contribution in [3.63, 3.8) is 0 Å². The number of rotatable bonds is 10. The van der Waals surface area contributed by atoms with Crippen LogP contribution in [0.1, 0.15) is 18.9 Å². The minimum Gasteiger partial charge on any atom is -0.383 e. The van der Waals surface area contributed by atoms with Crippen LogP contribution in [0.5, 0.6) is 0 Å². The van der Waals surface area contributed by atoms with Gasteiger partial charge in [-0.05, 0) is 43.5 Å². The molecule has 1 heterocycles. The topological polar surface area (TPSA) is 73.2 Å². The Morgan fingerprint density at radius 1 is 1.26 bits per heavy atom. The van der Waals surface area contributed by atoms with Crippen LogP contribution < -0.4 is 10.9 Å². The van der Waals surface area contributed by atoms with E-state index in [0.717, 1.165) is 12.8 Å². The number of aromatic nitrogens is 2. The van der Waals surface area contributed by atoms with E-state index in [0.29, 0.717) is 34.2 Å². The number of nitrogens with zero attached hydrogens (tertiary/aromatic N) is 2. The summed E-state index contributed by atoms with van der Waals surface area (Å²) in [5.41, 5.74) is 1.60. The lowest BCUT2D eigenvalue weighted by Crippen LogP contribution is -2.34. The maximum Gasteiger partial charge on any atom is 0.262 e. The first-order chi connectivity index (χ1) is 15.0. The van der Waals surface area contributed by atoms with Crippen molar-refractivity contribution in [1.82, 2.24) is 14.9 Å². The Hall–Kier alpha value is -2.35. The zero-order valence-electron chi connectivity index (χ0n) is 17.6. The first kappa shape index (κ1) is 23.3. The molecule has 0 radical (unpaired) electrons. The van der Waals surface area contributed by atoms with Crippen molar-refractivity contribution in [3.05, 3.63) is 69.5 Å². The highest BCUT2D eigenvalue weighted by atomic mass is 35.5. The summed E-state index contributed by atoms with van der Waals surface area (Å²) in [6.45, 7) is 2.73. The van der Waals surface area contributed by atoms with Crippen LogP contribution in [0.3, 0.4) is 0 Å². The van der Waals surface area contributed by atoms with Gasteiger partial charge >= 0.3 is 0 Å². The Kier molecular flexibility index (Phi) is 8.51. The molecule has 3 rings (SSSR count). The zero-order chi connectivity index (χ0) is 22.2. The second kappa shape index (κ2) is 11.3. The average Bonchev–Trinajstić information content (AvgIpc) is 2.76. The molecule has 3 aromatic rings. The number of hydrogen-bond donors (Lipinski definition) is 1. The van der Waals surface area contributed by atoms with E-state index in [-0.39, 0.29) is 23.3 Å². The molecule has 0 aliphatic carbocycles. The molecule has 0 aliphatic rings. The van der Waals surface area contributed by atoms with Gasteiger partial charge < -0.3 is 10.1 Å². The van der Waals surface area contributed by atoms with Crippen LogP contribution in [0, 0.1) is 0 Å². The van der Waals surface area contributed by atoms with E-state index in [1.54, 1.807) is 29.9 Å². The van der Waals surface area contributed by atoms with E-state index >= 15 is 0 Å². The fourth-order valence-electron chi connectivity index (χ4n) is 3.21. The largest absolute Gasteiger partial charge is 0.383 e. The Bertz CT molecular complexity index is 1090. The summed E-state index contributed by atoms with van der Waals surface area (Å²) in [6.07, 6.45) is 1.75. The number of halogens is 1. The lowest BCUT2D eigenvalue weighted by Gasteiger charge is -2.15. The van der Waals surface area contributed by atoms with Crippen molar-refractivity contribution in [2.24, 2.45) is 0 Å². The molecular formula is C23H26ClN3O3S. The fourth-order valence-corrected chi connectivity index (χ4v) is 4.21. The molecule has 1 unspecified atom stereocenters. The number of hydrogen-bond acceptors (Lipinski definition) is 5. The van der Waals surface area contributed by atoms with E-state index in [9.17, 15) is 9.59 Å². The highest BCUT2D eigenvalue weighted by Crippen LogP contribution is 2.20.